The Balaban J connectivity index is 0.000000161. The van der Waals surface area contributed by atoms with Gasteiger partial charge in [-0.2, -0.15) is 0 Å². The van der Waals surface area contributed by atoms with Gasteiger partial charge in [-0.1, -0.05) is 146 Å². The van der Waals surface area contributed by atoms with E-state index in [4.69, 9.17) is 16.4 Å². The van der Waals surface area contributed by atoms with Gasteiger partial charge in [0.1, 0.15) is 28.2 Å². The molecule has 0 saturated carbocycles. The molecule has 0 spiro atoms. The molecule has 0 bridgehead atoms. The van der Waals surface area contributed by atoms with Gasteiger partial charge in [-0.25, -0.2) is 18.3 Å². The monoisotopic (exact) mass is 1210 g/mol. The molecule has 458 valence electrons. The summed E-state index contributed by atoms with van der Waals surface area (Å²) < 4.78 is 102. The summed E-state index contributed by atoms with van der Waals surface area (Å²) in [5.74, 6) is 0. The van der Waals surface area contributed by atoms with Crippen LogP contribution in [0.4, 0.5) is 0 Å². The highest BCUT2D eigenvalue weighted by Gasteiger charge is 2.21. The molecule has 4 heteroatoms. The SMILES string of the molecule is Cc1cc(-c2cc(C)c(-c3ccccc3)cc2C)[n+](C)cc1C.Cc1ccc(-c2cc(-c3ccccc3)c(C)cc2C)[n+](C)c1.[2H]C([2H])([2H])c1c[n+](C)c(-c2cc(-c3ccccc3)c(C([2H])([2H])[2H])cc2C)cc1C.[2H]C([2H])([2H])c1c[n+](C)c(-c2cc(-c3ccccc3)c(C([2H])([2H])[2H])cc2C)cc1C. The minimum atomic E-state index is -2.24. The second-order valence-electron chi connectivity index (χ2n) is 24.4. The van der Waals surface area contributed by atoms with E-state index in [1.165, 1.54) is 83.7 Å². The van der Waals surface area contributed by atoms with E-state index in [1.54, 1.807) is 47.5 Å². The predicted molar refractivity (Wildman–Crippen MR) is 385 cm³/mol. The van der Waals surface area contributed by atoms with Crippen LogP contribution in [-0.4, -0.2) is 0 Å². The third kappa shape index (κ3) is 15.3. The van der Waals surface area contributed by atoms with E-state index in [0.29, 0.717) is 44.5 Å². The molecule has 0 aliphatic carbocycles. The number of hydrogen-bond acceptors (Lipinski definition) is 0. The summed E-state index contributed by atoms with van der Waals surface area (Å²) in [4.78, 5) is 0. The number of aryl methyl sites for hydroxylation is 19. The molecule has 0 saturated heterocycles. The average molecular weight is 1210 g/mol. The van der Waals surface area contributed by atoms with Crippen molar-refractivity contribution in [1.29, 1.82) is 0 Å². The molecule has 0 fully saturated rings. The molecule has 0 aliphatic rings. The van der Waals surface area contributed by atoms with Crippen molar-refractivity contribution in [2.75, 3.05) is 0 Å². The van der Waals surface area contributed by atoms with E-state index in [0.717, 1.165) is 44.8 Å². The van der Waals surface area contributed by atoms with Crippen molar-refractivity contribution >= 4 is 0 Å². The highest BCUT2D eigenvalue weighted by molar-refractivity contribution is 5.79. The number of benzene rings is 8. The molecule has 12 rings (SSSR count). The Morgan fingerprint density at radius 1 is 0.209 bits per heavy atom. The lowest BCUT2D eigenvalue weighted by molar-refractivity contribution is -0.660. The summed E-state index contributed by atoms with van der Waals surface area (Å²) in [5.41, 5.74) is 30.2. The van der Waals surface area contributed by atoms with Gasteiger partial charge in [0.2, 0.25) is 22.8 Å². The van der Waals surface area contributed by atoms with Crippen LogP contribution in [0.15, 0.2) is 225 Å². The summed E-state index contributed by atoms with van der Waals surface area (Å²) in [6, 6.07) is 67.0. The van der Waals surface area contributed by atoms with E-state index >= 15 is 0 Å². The van der Waals surface area contributed by atoms with Crippen LogP contribution in [0.25, 0.3) is 89.5 Å². The van der Waals surface area contributed by atoms with Gasteiger partial charge in [-0.3, -0.25) is 0 Å². The largest absolute Gasteiger partial charge is 0.212 e. The first-order valence-corrected chi connectivity index (χ1v) is 31.0. The standard InChI is InChI=1S/3C22H24N.C21H22N/c1-15-13-22(23(5)14-18(15)4)21-12-16(2)20(11-17(21)3)19-9-7-6-8-10-19;2*1-15-12-22(23(5)14-18(15)4)21-13-20(16(2)11-17(21)3)19-9-7-6-8-10-19;1-15-10-11-21(22(4)14-15)20-13-19(16(2)12-17(20)3)18-8-6-5-7-9-18/h3*6-14H,1-5H3;5-14H,1-4H3/q4*+1/i;2*2D3,4D3;. The molecule has 0 atom stereocenters. The smallest absolute Gasteiger partial charge is 0.201 e. The van der Waals surface area contributed by atoms with Crippen molar-refractivity contribution in [3.05, 3.63) is 308 Å². The maximum Gasteiger partial charge on any atom is 0.212 e. The Kier molecular flexibility index (Phi) is 16.2. The molecular formula is C87H94N4+4. The lowest BCUT2D eigenvalue weighted by Gasteiger charge is -2.12. The molecule has 4 nitrogen and oxygen atoms in total. The minimum Gasteiger partial charge on any atom is -0.201 e. The number of pyridine rings is 4. The molecule has 0 unspecified atom stereocenters. The minimum absolute atomic E-state index is 0.309. The van der Waals surface area contributed by atoms with Gasteiger partial charge in [0.05, 0.1) is 0 Å². The second kappa shape index (κ2) is 28.9. The fourth-order valence-electron chi connectivity index (χ4n) is 12.0. The maximum atomic E-state index is 7.97. The van der Waals surface area contributed by atoms with Crippen LogP contribution in [0.1, 0.15) is 99.9 Å². The summed E-state index contributed by atoms with van der Waals surface area (Å²) in [5, 5.41) is 0. The Bertz CT molecular complexity index is 4880. The van der Waals surface area contributed by atoms with Gasteiger partial charge >= 0.3 is 0 Å². The van der Waals surface area contributed by atoms with Crippen molar-refractivity contribution < 1.29 is 34.7 Å². The first-order chi connectivity index (χ1) is 48.3. The molecule has 4 aromatic heterocycles. The van der Waals surface area contributed by atoms with Gasteiger partial charge in [0.15, 0.2) is 24.8 Å². The first kappa shape index (κ1) is 51.1. The zero-order valence-electron chi connectivity index (χ0n) is 67.7. The van der Waals surface area contributed by atoms with E-state index in [2.05, 4.69) is 187 Å². The summed E-state index contributed by atoms with van der Waals surface area (Å²) in [6.45, 7) is 13.7. The number of nitrogens with zero attached hydrogens (tertiary/aromatic N) is 4. The lowest BCUT2D eigenvalue weighted by Crippen LogP contribution is -2.31. The van der Waals surface area contributed by atoms with E-state index in [1.807, 2.05) is 113 Å². The van der Waals surface area contributed by atoms with E-state index in [-0.39, 0.29) is 0 Å². The van der Waals surface area contributed by atoms with Crippen molar-refractivity contribution in [1.82, 2.24) is 0 Å². The molecule has 0 radical (unpaired) electrons. The lowest BCUT2D eigenvalue weighted by atomic mass is 9.93. The highest BCUT2D eigenvalue weighted by atomic mass is 14.9. The second-order valence-corrected chi connectivity index (χ2v) is 24.4. The number of aromatic nitrogens is 4. The third-order valence-corrected chi connectivity index (χ3v) is 17.3. The van der Waals surface area contributed by atoms with Crippen LogP contribution in [-0.2, 0) is 28.2 Å². The summed E-state index contributed by atoms with van der Waals surface area (Å²) in [7, 11) is 7.86. The predicted octanol–water partition coefficient (Wildman–Crippen LogP) is 20.0. The average Bonchev–Trinajstić information content (AvgIpc) is 0.783. The van der Waals surface area contributed by atoms with Crippen molar-refractivity contribution in [3.63, 3.8) is 0 Å². The molecule has 12 aromatic rings. The Hall–Kier alpha value is -9.64. The van der Waals surface area contributed by atoms with Crippen molar-refractivity contribution in [2.24, 2.45) is 28.2 Å². The van der Waals surface area contributed by atoms with Crippen LogP contribution >= 0.6 is 0 Å². The quantitative estimate of drug-likeness (QED) is 0.135. The van der Waals surface area contributed by atoms with Crippen LogP contribution in [0.3, 0.4) is 0 Å². The molecule has 4 heterocycles. The maximum absolute atomic E-state index is 7.97. The molecule has 0 N–H and O–H groups in total. The van der Waals surface area contributed by atoms with Crippen LogP contribution < -0.4 is 18.3 Å². The van der Waals surface area contributed by atoms with Crippen molar-refractivity contribution in [2.45, 2.75) is 104 Å². The van der Waals surface area contributed by atoms with Gasteiger partial charge in [0, 0.05) is 85.2 Å². The first-order valence-electron chi connectivity index (χ1n) is 37.0. The Morgan fingerprint density at radius 2 is 0.473 bits per heavy atom. The van der Waals surface area contributed by atoms with Gasteiger partial charge in [-0.15, -0.1) is 0 Å². The molecule has 0 amide bonds. The number of rotatable bonds is 8. The molecule has 0 aliphatic heterocycles. The molecule has 8 aromatic carbocycles. The van der Waals surface area contributed by atoms with Gasteiger partial charge in [0.25, 0.3) is 0 Å². The summed E-state index contributed by atoms with van der Waals surface area (Å²) in [6.07, 6.45) is 7.66. The van der Waals surface area contributed by atoms with Gasteiger partial charge < -0.3 is 0 Å². The van der Waals surface area contributed by atoms with Crippen molar-refractivity contribution in [3.8, 4) is 89.5 Å². The fourth-order valence-corrected chi connectivity index (χ4v) is 12.0. The Morgan fingerprint density at radius 3 is 0.846 bits per heavy atom. The van der Waals surface area contributed by atoms with E-state index in [9.17, 15) is 0 Å². The van der Waals surface area contributed by atoms with Crippen LogP contribution in [0.5, 0.6) is 0 Å². The third-order valence-electron chi connectivity index (χ3n) is 17.3. The molecule has 91 heavy (non-hydrogen) atoms. The van der Waals surface area contributed by atoms with Gasteiger partial charge in [-0.05, 0) is 240 Å². The van der Waals surface area contributed by atoms with Crippen LogP contribution in [0.2, 0.25) is 0 Å². The molecular weight excluding hydrogens is 1100 g/mol. The summed E-state index contributed by atoms with van der Waals surface area (Å²) >= 11 is 0. The zero-order chi connectivity index (χ0) is 75.4. The zero-order valence-corrected chi connectivity index (χ0v) is 55.7. The topological polar surface area (TPSA) is 15.5 Å². The normalized spacial score (nSPS) is 13.3. The fraction of sp³-hybridized carbons (Fsp3) is 0.218. The highest BCUT2D eigenvalue weighted by Crippen LogP contribution is 2.36. The van der Waals surface area contributed by atoms with Crippen LogP contribution in [0, 0.1) is 104 Å². The van der Waals surface area contributed by atoms with E-state index < -0.39 is 27.4 Å². The number of hydrogen-bond donors (Lipinski definition) is 0. The Labute approximate surface area is 562 Å².